The quantitative estimate of drug-likeness (QED) is 0.800. The largest absolute Gasteiger partial charge is 0.326 e. The van der Waals surface area contributed by atoms with Crippen molar-refractivity contribution in [1.82, 2.24) is 4.98 Å². The van der Waals surface area contributed by atoms with E-state index in [-0.39, 0.29) is 0 Å². The standard InChI is InChI=1S/C13H19ClN2/c14-12-7-10(8-15)9-16-13(12)11-5-3-1-2-4-6-11/h7,9,11H,1-6,8,15H2. The van der Waals surface area contributed by atoms with Gasteiger partial charge in [-0.3, -0.25) is 4.98 Å². The highest BCUT2D eigenvalue weighted by Gasteiger charge is 2.18. The third-order valence-electron chi connectivity index (χ3n) is 3.40. The van der Waals surface area contributed by atoms with Crippen molar-refractivity contribution in [3.8, 4) is 0 Å². The molecule has 0 spiro atoms. The molecule has 2 rings (SSSR count). The number of hydrogen-bond acceptors (Lipinski definition) is 2. The molecular weight excluding hydrogens is 220 g/mol. The van der Waals surface area contributed by atoms with Crippen molar-refractivity contribution in [3.63, 3.8) is 0 Å². The number of rotatable bonds is 2. The molecule has 0 bridgehead atoms. The molecule has 2 N–H and O–H groups in total. The smallest absolute Gasteiger partial charge is 0.0627 e. The first-order valence-electron chi connectivity index (χ1n) is 6.15. The maximum Gasteiger partial charge on any atom is 0.0627 e. The van der Waals surface area contributed by atoms with Crippen LogP contribution in [0.25, 0.3) is 0 Å². The van der Waals surface area contributed by atoms with Crippen molar-refractivity contribution in [2.75, 3.05) is 0 Å². The molecule has 16 heavy (non-hydrogen) atoms. The van der Waals surface area contributed by atoms with E-state index in [2.05, 4.69) is 4.98 Å². The van der Waals surface area contributed by atoms with E-state index >= 15 is 0 Å². The van der Waals surface area contributed by atoms with Crippen LogP contribution in [0.15, 0.2) is 12.3 Å². The SMILES string of the molecule is NCc1cnc(C2CCCCCC2)c(Cl)c1. The Bertz CT molecular complexity index is 344. The highest BCUT2D eigenvalue weighted by atomic mass is 35.5. The van der Waals surface area contributed by atoms with E-state index < -0.39 is 0 Å². The Morgan fingerprint density at radius 3 is 2.50 bits per heavy atom. The fraction of sp³-hybridized carbons (Fsp3) is 0.615. The van der Waals surface area contributed by atoms with Crippen molar-refractivity contribution in [2.24, 2.45) is 5.73 Å². The van der Waals surface area contributed by atoms with Gasteiger partial charge < -0.3 is 5.73 Å². The second-order valence-electron chi connectivity index (χ2n) is 4.60. The maximum absolute atomic E-state index is 6.28. The van der Waals surface area contributed by atoms with Gasteiger partial charge in [-0.05, 0) is 24.5 Å². The molecule has 0 amide bonds. The molecule has 1 saturated carbocycles. The summed E-state index contributed by atoms with van der Waals surface area (Å²) in [5, 5.41) is 0.801. The average molecular weight is 239 g/mol. The molecule has 1 aliphatic rings. The van der Waals surface area contributed by atoms with Crippen LogP contribution in [0.2, 0.25) is 5.02 Å². The Kier molecular flexibility index (Phi) is 4.19. The summed E-state index contributed by atoms with van der Waals surface area (Å²) < 4.78 is 0. The molecule has 0 unspecified atom stereocenters. The first-order chi connectivity index (χ1) is 7.81. The zero-order valence-electron chi connectivity index (χ0n) is 9.58. The van der Waals surface area contributed by atoms with Crippen LogP contribution in [0.4, 0.5) is 0 Å². The van der Waals surface area contributed by atoms with Crippen LogP contribution in [-0.2, 0) is 6.54 Å². The van der Waals surface area contributed by atoms with Crippen molar-refractivity contribution in [3.05, 3.63) is 28.5 Å². The molecule has 1 heterocycles. The molecule has 0 saturated heterocycles. The second kappa shape index (κ2) is 5.65. The molecule has 3 heteroatoms. The summed E-state index contributed by atoms with van der Waals surface area (Å²) >= 11 is 6.28. The van der Waals surface area contributed by atoms with Crippen LogP contribution in [0, 0.1) is 0 Å². The summed E-state index contributed by atoms with van der Waals surface area (Å²) in [4.78, 5) is 4.50. The fourth-order valence-electron chi connectivity index (χ4n) is 2.45. The van der Waals surface area contributed by atoms with Gasteiger partial charge in [0.25, 0.3) is 0 Å². The van der Waals surface area contributed by atoms with Gasteiger partial charge in [-0.2, -0.15) is 0 Å². The van der Waals surface area contributed by atoms with Crippen molar-refractivity contribution in [1.29, 1.82) is 0 Å². The molecule has 0 atom stereocenters. The lowest BCUT2D eigenvalue weighted by molar-refractivity contribution is 0.577. The van der Waals surface area contributed by atoms with Gasteiger partial charge in [0.2, 0.25) is 0 Å². The summed E-state index contributed by atoms with van der Waals surface area (Å²) in [6, 6.07) is 1.97. The van der Waals surface area contributed by atoms with Gasteiger partial charge in [-0.25, -0.2) is 0 Å². The molecule has 1 aromatic rings. The van der Waals surface area contributed by atoms with Crippen LogP contribution in [-0.4, -0.2) is 4.98 Å². The molecule has 0 radical (unpaired) electrons. The van der Waals surface area contributed by atoms with E-state index in [0.29, 0.717) is 12.5 Å². The summed E-state index contributed by atoms with van der Waals surface area (Å²) in [6.07, 6.45) is 9.65. The van der Waals surface area contributed by atoms with Gasteiger partial charge >= 0.3 is 0 Å². The number of nitrogens with zero attached hydrogens (tertiary/aromatic N) is 1. The predicted octanol–water partition coefficient (Wildman–Crippen LogP) is 3.63. The molecule has 0 aromatic carbocycles. The Morgan fingerprint density at radius 1 is 1.25 bits per heavy atom. The van der Waals surface area contributed by atoms with E-state index in [1.807, 2.05) is 12.3 Å². The average Bonchev–Trinajstić information content (AvgIpc) is 2.57. The van der Waals surface area contributed by atoms with Crippen molar-refractivity contribution in [2.45, 2.75) is 51.0 Å². The zero-order chi connectivity index (χ0) is 11.4. The van der Waals surface area contributed by atoms with E-state index in [4.69, 9.17) is 17.3 Å². The van der Waals surface area contributed by atoms with Crippen LogP contribution in [0.1, 0.15) is 55.7 Å². The Morgan fingerprint density at radius 2 is 1.94 bits per heavy atom. The van der Waals surface area contributed by atoms with E-state index in [0.717, 1.165) is 16.3 Å². The van der Waals surface area contributed by atoms with Crippen LogP contribution in [0.5, 0.6) is 0 Å². The third-order valence-corrected chi connectivity index (χ3v) is 3.71. The van der Waals surface area contributed by atoms with Crippen LogP contribution < -0.4 is 5.73 Å². The van der Waals surface area contributed by atoms with Crippen molar-refractivity contribution >= 4 is 11.6 Å². The molecular formula is C13H19ClN2. The van der Waals surface area contributed by atoms with E-state index in [1.54, 1.807) is 0 Å². The Labute approximate surface area is 102 Å². The highest BCUT2D eigenvalue weighted by Crippen LogP contribution is 2.34. The third kappa shape index (κ3) is 2.74. The van der Waals surface area contributed by atoms with E-state index in [1.165, 1.54) is 38.5 Å². The minimum atomic E-state index is 0.512. The number of halogens is 1. The number of aromatic nitrogens is 1. The minimum Gasteiger partial charge on any atom is -0.326 e. The molecule has 2 nitrogen and oxygen atoms in total. The van der Waals surface area contributed by atoms with Gasteiger partial charge in [0.15, 0.2) is 0 Å². The highest BCUT2D eigenvalue weighted by molar-refractivity contribution is 6.31. The van der Waals surface area contributed by atoms with Crippen LogP contribution >= 0.6 is 11.6 Å². The lowest BCUT2D eigenvalue weighted by Crippen LogP contribution is -2.04. The summed E-state index contributed by atoms with van der Waals surface area (Å²) in [6.45, 7) is 0.512. The van der Waals surface area contributed by atoms with E-state index in [9.17, 15) is 0 Å². The molecule has 0 aliphatic heterocycles. The van der Waals surface area contributed by atoms with Gasteiger partial charge in [-0.1, -0.05) is 37.3 Å². The first-order valence-corrected chi connectivity index (χ1v) is 6.53. The second-order valence-corrected chi connectivity index (χ2v) is 5.01. The lowest BCUT2D eigenvalue weighted by atomic mass is 9.95. The van der Waals surface area contributed by atoms with Gasteiger partial charge in [0.1, 0.15) is 0 Å². The topological polar surface area (TPSA) is 38.9 Å². The molecule has 1 aromatic heterocycles. The molecule has 88 valence electrons. The summed E-state index contributed by atoms with van der Waals surface area (Å²) in [7, 11) is 0. The first kappa shape index (κ1) is 11.9. The molecule has 1 aliphatic carbocycles. The van der Waals surface area contributed by atoms with Gasteiger partial charge in [0.05, 0.1) is 10.7 Å². The lowest BCUT2D eigenvalue weighted by Gasteiger charge is -2.15. The van der Waals surface area contributed by atoms with Gasteiger partial charge in [0, 0.05) is 18.7 Å². The Hall–Kier alpha value is -0.600. The van der Waals surface area contributed by atoms with Crippen LogP contribution in [0.3, 0.4) is 0 Å². The maximum atomic E-state index is 6.28. The fourth-order valence-corrected chi connectivity index (χ4v) is 2.80. The van der Waals surface area contributed by atoms with Crippen molar-refractivity contribution < 1.29 is 0 Å². The number of nitrogens with two attached hydrogens (primary N) is 1. The number of pyridine rings is 1. The normalized spacial score (nSPS) is 18.4. The zero-order valence-corrected chi connectivity index (χ0v) is 10.3. The predicted molar refractivity (Wildman–Crippen MR) is 67.6 cm³/mol. The van der Waals surface area contributed by atoms with Gasteiger partial charge in [-0.15, -0.1) is 0 Å². The summed E-state index contributed by atoms with van der Waals surface area (Å²) in [5.41, 5.74) is 7.67. The summed E-state index contributed by atoms with van der Waals surface area (Å²) in [5.74, 6) is 0.557. The number of hydrogen-bond donors (Lipinski definition) is 1. The molecule has 1 fully saturated rings. The minimum absolute atomic E-state index is 0.512. The Balaban J connectivity index is 2.18. The monoisotopic (exact) mass is 238 g/mol.